The lowest BCUT2D eigenvalue weighted by Crippen LogP contribution is -2.21. The third kappa shape index (κ3) is 4.48. The molecular weight excluding hydrogens is 386 g/mol. The van der Waals surface area contributed by atoms with Gasteiger partial charge in [-0.1, -0.05) is 44.2 Å². The molecule has 2 amide bonds. The summed E-state index contributed by atoms with van der Waals surface area (Å²) in [6, 6.07) is 17.5. The summed E-state index contributed by atoms with van der Waals surface area (Å²) in [6.45, 7) is 4.18. The minimum absolute atomic E-state index is 0.258. The van der Waals surface area contributed by atoms with Crippen molar-refractivity contribution in [2.24, 2.45) is 0 Å². The highest BCUT2D eigenvalue weighted by Gasteiger charge is 2.13. The van der Waals surface area contributed by atoms with E-state index in [9.17, 15) is 4.79 Å². The van der Waals surface area contributed by atoms with E-state index in [0.717, 1.165) is 52.0 Å². The van der Waals surface area contributed by atoms with Crippen LogP contribution in [0, 0.1) is 0 Å². The number of anilines is 2. The normalized spacial score (nSPS) is 10.6. The van der Waals surface area contributed by atoms with Gasteiger partial charge in [0.1, 0.15) is 0 Å². The van der Waals surface area contributed by atoms with Crippen molar-refractivity contribution in [3.8, 4) is 22.4 Å². The Morgan fingerprint density at radius 3 is 2.32 bits per heavy atom. The van der Waals surface area contributed by atoms with Crippen molar-refractivity contribution in [3.05, 3.63) is 84.3 Å². The van der Waals surface area contributed by atoms with Crippen molar-refractivity contribution in [3.63, 3.8) is 0 Å². The van der Waals surface area contributed by atoms with Gasteiger partial charge in [0.25, 0.3) is 0 Å². The van der Waals surface area contributed by atoms with E-state index in [1.165, 1.54) is 0 Å². The molecule has 0 unspecified atom stereocenters. The van der Waals surface area contributed by atoms with Crippen molar-refractivity contribution >= 4 is 17.4 Å². The summed E-state index contributed by atoms with van der Waals surface area (Å²) < 4.78 is 0. The van der Waals surface area contributed by atoms with Crippen LogP contribution < -0.4 is 10.6 Å². The molecule has 0 saturated carbocycles. The van der Waals surface area contributed by atoms with Crippen LogP contribution in [0.1, 0.15) is 25.0 Å². The van der Waals surface area contributed by atoms with Gasteiger partial charge >= 0.3 is 6.03 Å². The van der Waals surface area contributed by atoms with Gasteiger partial charge in [-0.2, -0.15) is 5.10 Å². The highest BCUT2D eigenvalue weighted by atomic mass is 16.2. The molecule has 6 heteroatoms. The van der Waals surface area contributed by atoms with Gasteiger partial charge in [-0.3, -0.25) is 10.1 Å². The topological polar surface area (TPSA) is 82.7 Å². The first-order valence-corrected chi connectivity index (χ1v) is 10.4. The third-order valence-electron chi connectivity index (χ3n) is 5.28. The number of pyridine rings is 1. The van der Waals surface area contributed by atoms with Crippen LogP contribution in [0.25, 0.3) is 22.4 Å². The lowest BCUT2D eigenvalue weighted by atomic mass is 10.0. The molecule has 3 N–H and O–H groups in total. The maximum absolute atomic E-state index is 12.8. The van der Waals surface area contributed by atoms with Gasteiger partial charge in [0.05, 0.1) is 11.9 Å². The van der Waals surface area contributed by atoms with E-state index in [0.29, 0.717) is 5.69 Å². The number of rotatable bonds is 6. The van der Waals surface area contributed by atoms with Gasteiger partial charge in [-0.15, -0.1) is 0 Å². The first-order valence-electron chi connectivity index (χ1n) is 10.4. The zero-order valence-corrected chi connectivity index (χ0v) is 17.6. The number of aromatic amines is 1. The molecule has 0 aliphatic rings. The van der Waals surface area contributed by atoms with Crippen molar-refractivity contribution in [1.82, 2.24) is 15.2 Å². The molecule has 0 saturated heterocycles. The largest absolute Gasteiger partial charge is 0.323 e. The fraction of sp³-hybridized carbons (Fsp3) is 0.160. The van der Waals surface area contributed by atoms with E-state index in [1.807, 2.05) is 54.6 Å². The number of urea groups is 1. The Balaban J connectivity index is 1.56. The Hall–Kier alpha value is -3.93. The highest BCUT2D eigenvalue weighted by molar-refractivity contribution is 6.01. The first kappa shape index (κ1) is 20.3. The van der Waals surface area contributed by atoms with E-state index in [-0.39, 0.29) is 6.03 Å². The lowest BCUT2D eigenvalue weighted by Gasteiger charge is -2.15. The molecule has 2 aromatic heterocycles. The summed E-state index contributed by atoms with van der Waals surface area (Å²) >= 11 is 0. The lowest BCUT2D eigenvalue weighted by molar-refractivity contribution is 0.262. The summed E-state index contributed by atoms with van der Waals surface area (Å²) in [7, 11) is 0. The van der Waals surface area contributed by atoms with Crippen molar-refractivity contribution in [2.75, 3.05) is 10.6 Å². The summed E-state index contributed by atoms with van der Waals surface area (Å²) in [5.41, 5.74) is 7.69. The third-order valence-corrected chi connectivity index (χ3v) is 5.28. The number of hydrogen-bond donors (Lipinski definition) is 3. The number of aryl methyl sites for hydroxylation is 2. The summed E-state index contributed by atoms with van der Waals surface area (Å²) in [4.78, 5) is 16.8. The van der Waals surface area contributed by atoms with Gasteiger partial charge in [0, 0.05) is 34.9 Å². The second kappa shape index (κ2) is 9.26. The monoisotopic (exact) mass is 411 g/mol. The number of hydrogen-bond acceptors (Lipinski definition) is 3. The van der Waals surface area contributed by atoms with Gasteiger partial charge < -0.3 is 10.6 Å². The van der Waals surface area contributed by atoms with Crippen LogP contribution in [0.2, 0.25) is 0 Å². The molecule has 4 aromatic rings. The zero-order valence-electron chi connectivity index (χ0n) is 17.6. The van der Waals surface area contributed by atoms with Crippen LogP contribution in [0.5, 0.6) is 0 Å². The van der Waals surface area contributed by atoms with Crippen molar-refractivity contribution in [1.29, 1.82) is 0 Å². The predicted molar refractivity (Wildman–Crippen MR) is 125 cm³/mol. The fourth-order valence-electron chi connectivity index (χ4n) is 3.69. The minimum Gasteiger partial charge on any atom is -0.308 e. The molecule has 0 aliphatic heterocycles. The Kier molecular flexibility index (Phi) is 6.08. The van der Waals surface area contributed by atoms with Gasteiger partial charge in [-0.25, -0.2) is 4.79 Å². The average molecular weight is 412 g/mol. The second-order valence-electron chi connectivity index (χ2n) is 7.21. The molecule has 0 aliphatic carbocycles. The zero-order chi connectivity index (χ0) is 21.6. The van der Waals surface area contributed by atoms with Crippen LogP contribution in [-0.4, -0.2) is 21.2 Å². The second-order valence-corrected chi connectivity index (χ2v) is 7.21. The Morgan fingerprint density at radius 2 is 1.61 bits per heavy atom. The predicted octanol–water partition coefficient (Wildman–Crippen LogP) is 5.91. The molecule has 2 aromatic carbocycles. The minimum atomic E-state index is -0.258. The number of carbonyl (C=O) groups excluding carboxylic acids is 1. The van der Waals surface area contributed by atoms with E-state index in [4.69, 9.17) is 0 Å². The quantitative estimate of drug-likeness (QED) is 0.369. The van der Waals surface area contributed by atoms with Crippen molar-refractivity contribution in [2.45, 2.75) is 26.7 Å². The maximum atomic E-state index is 12.8. The number of amides is 2. The molecule has 0 fully saturated rings. The van der Waals surface area contributed by atoms with E-state index < -0.39 is 0 Å². The molecule has 6 nitrogen and oxygen atoms in total. The van der Waals surface area contributed by atoms with Crippen LogP contribution in [0.3, 0.4) is 0 Å². The SMILES string of the molecule is CCc1cccc(CC)c1NC(=O)Nc1cccc(-c2[nH]ncc2-c2ccncc2)c1. The summed E-state index contributed by atoms with van der Waals surface area (Å²) in [5.74, 6) is 0. The molecule has 31 heavy (non-hydrogen) atoms. The van der Waals surface area contributed by atoms with E-state index in [2.05, 4.69) is 39.7 Å². The summed E-state index contributed by atoms with van der Waals surface area (Å²) in [6.07, 6.45) is 7.03. The van der Waals surface area contributed by atoms with Crippen LogP contribution in [-0.2, 0) is 12.8 Å². The molecule has 0 bridgehead atoms. The number of nitrogens with zero attached hydrogens (tertiary/aromatic N) is 2. The smallest absolute Gasteiger partial charge is 0.308 e. The number of para-hydroxylation sites is 1. The van der Waals surface area contributed by atoms with Crippen molar-refractivity contribution < 1.29 is 4.79 Å². The molecular formula is C25H25N5O. The number of nitrogens with one attached hydrogen (secondary N) is 3. The van der Waals surface area contributed by atoms with Gasteiger partial charge in [-0.05, 0) is 53.8 Å². The Bertz CT molecular complexity index is 1160. The number of aromatic nitrogens is 3. The fourth-order valence-corrected chi connectivity index (χ4v) is 3.69. The molecule has 2 heterocycles. The van der Waals surface area contributed by atoms with E-state index >= 15 is 0 Å². The first-order chi connectivity index (χ1) is 15.2. The average Bonchev–Trinajstić information content (AvgIpc) is 3.30. The maximum Gasteiger partial charge on any atom is 0.323 e. The molecule has 156 valence electrons. The van der Waals surface area contributed by atoms with Gasteiger partial charge in [0.15, 0.2) is 0 Å². The van der Waals surface area contributed by atoms with Crippen LogP contribution in [0.4, 0.5) is 16.2 Å². The Morgan fingerprint density at radius 1 is 0.903 bits per heavy atom. The number of benzene rings is 2. The molecule has 0 atom stereocenters. The van der Waals surface area contributed by atoms with Crippen LogP contribution in [0.15, 0.2) is 73.2 Å². The molecule has 4 rings (SSSR count). The molecule has 0 spiro atoms. The standard InChI is InChI=1S/C25H25N5O/c1-3-17-7-5-8-18(4-2)23(17)29-25(31)28-21-10-6-9-20(15-21)24-22(16-27-30-24)19-11-13-26-14-12-19/h5-16H,3-4H2,1-2H3,(H,27,30)(H2,28,29,31). The number of H-pyrrole nitrogens is 1. The Labute approximate surface area is 181 Å². The summed E-state index contributed by atoms with van der Waals surface area (Å²) in [5, 5.41) is 13.3. The highest BCUT2D eigenvalue weighted by Crippen LogP contribution is 2.31. The molecule has 0 radical (unpaired) electrons. The van der Waals surface area contributed by atoms with E-state index in [1.54, 1.807) is 18.6 Å². The van der Waals surface area contributed by atoms with Crippen LogP contribution >= 0.6 is 0 Å². The number of carbonyl (C=O) groups is 1. The van der Waals surface area contributed by atoms with Gasteiger partial charge in [0.2, 0.25) is 0 Å².